The van der Waals surface area contributed by atoms with E-state index in [9.17, 15) is 21.6 Å². The summed E-state index contributed by atoms with van der Waals surface area (Å²) >= 11 is 0. The minimum atomic E-state index is -5.86. The SMILES string of the molecule is CC(C)(C)CC(C)(C)c1ccc(OS(=O)(=O)C(F)(F)F)c(-n2nc3ccccc3n2)c1.CC(C)(C)CC(C)(C)c1cccc(-n2nc3ccccc3n2)c1. The molecule has 0 saturated heterocycles. The number of aromatic nitrogens is 6. The van der Waals surface area contributed by atoms with Crippen LogP contribution >= 0.6 is 0 Å². The van der Waals surface area contributed by atoms with Crippen LogP contribution in [0.4, 0.5) is 13.2 Å². The molecule has 6 aromatic rings. The Balaban J connectivity index is 0.000000217. The molecule has 0 aliphatic rings. The zero-order valence-electron chi connectivity index (χ0n) is 32.5. The van der Waals surface area contributed by atoms with E-state index in [1.165, 1.54) is 11.6 Å². The second-order valence-electron chi connectivity index (χ2n) is 17.4. The maximum absolute atomic E-state index is 12.9. The molecule has 0 unspecified atom stereocenters. The van der Waals surface area contributed by atoms with E-state index in [0.717, 1.165) is 39.9 Å². The van der Waals surface area contributed by atoms with Gasteiger partial charge in [-0.05, 0) is 94.2 Å². The monoisotopic (exact) mass is 762 g/mol. The third-order valence-electron chi connectivity index (χ3n) is 8.82. The third-order valence-corrected chi connectivity index (χ3v) is 9.78. The number of alkyl halides is 3. The van der Waals surface area contributed by atoms with Crippen LogP contribution < -0.4 is 4.18 Å². The highest BCUT2D eigenvalue weighted by Gasteiger charge is 2.49. The molecule has 0 bridgehead atoms. The fraction of sp³-hybridized carbons (Fsp3) is 0.415. The number of benzene rings is 4. The Bertz CT molecular complexity index is 2300. The number of hydrogen-bond acceptors (Lipinski definition) is 7. The smallest absolute Gasteiger partial charge is 0.374 e. The number of hydrogen-bond donors (Lipinski definition) is 0. The molecule has 4 aromatic carbocycles. The van der Waals surface area contributed by atoms with E-state index in [1.54, 1.807) is 41.2 Å². The average Bonchev–Trinajstić information content (AvgIpc) is 3.67. The fourth-order valence-electron chi connectivity index (χ4n) is 7.18. The van der Waals surface area contributed by atoms with Crippen LogP contribution in [-0.4, -0.2) is 43.9 Å². The number of nitrogens with zero attached hydrogens (tertiary/aromatic N) is 6. The van der Waals surface area contributed by atoms with E-state index >= 15 is 0 Å². The van der Waals surface area contributed by atoms with Crippen LogP contribution in [0.25, 0.3) is 33.4 Å². The maximum atomic E-state index is 12.9. The molecule has 0 saturated carbocycles. The van der Waals surface area contributed by atoms with Gasteiger partial charge in [-0.1, -0.05) is 112 Å². The minimum Gasteiger partial charge on any atom is -0.374 e. The Labute approximate surface area is 315 Å². The van der Waals surface area contributed by atoms with Crippen molar-refractivity contribution in [3.63, 3.8) is 0 Å². The lowest BCUT2D eigenvalue weighted by atomic mass is 9.72. The zero-order chi connectivity index (χ0) is 39.9. The van der Waals surface area contributed by atoms with Crippen molar-refractivity contribution < 1.29 is 25.8 Å². The quantitative estimate of drug-likeness (QED) is 0.112. The summed E-state index contributed by atoms with van der Waals surface area (Å²) in [5, 5.41) is 17.7. The molecule has 0 fully saturated rings. The Kier molecular flexibility index (Phi) is 10.8. The van der Waals surface area contributed by atoms with Gasteiger partial charge in [-0.15, -0.1) is 25.2 Å². The molecule has 2 heterocycles. The van der Waals surface area contributed by atoms with Crippen molar-refractivity contribution in [2.45, 2.75) is 98.4 Å². The summed E-state index contributed by atoms with van der Waals surface area (Å²) in [5.41, 5.74) is 0.455. The summed E-state index contributed by atoms with van der Waals surface area (Å²) in [4.78, 5) is 2.84. The molecule has 54 heavy (non-hydrogen) atoms. The van der Waals surface area contributed by atoms with Gasteiger partial charge in [-0.3, -0.25) is 0 Å². The van der Waals surface area contributed by atoms with E-state index in [2.05, 4.69) is 104 Å². The molecule has 2 aromatic heterocycles. The molecule has 0 atom stereocenters. The highest BCUT2D eigenvalue weighted by atomic mass is 32.2. The number of rotatable bonds is 8. The third kappa shape index (κ3) is 9.65. The van der Waals surface area contributed by atoms with Crippen molar-refractivity contribution in [2.75, 3.05) is 0 Å². The largest absolute Gasteiger partial charge is 0.534 e. The normalized spacial score (nSPS) is 13.2. The van der Waals surface area contributed by atoms with Gasteiger partial charge in [0.2, 0.25) is 0 Å². The standard InChI is InChI=1S/C21H24F3N3O3S.C20H25N3/c1-19(2,3)13-20(4,5)14-10-11-18(30-31(28,29)21(22,23)24)17(12-14)27-25-15-8-6-7-9-16(15)26-27;1-19(2,3)14-20(4,5)15-9-8-10-16(13-15)23-21-17-11-6-7-12-18(17)22-23/h6-12H,13H2,1-5H3;6-13H,14H2,1-5H3. The van der Waals surface area contributed by atoms with E-state index in [4.69, 9.17) is 0 Å². The number of halogens is 3. The van der Waals surface area contributed by atoms with Gasteiger partial charge in [-0.25, -0.2) is 0 Å². The van der Waals surface area contributed by atoms with Gasteiger partial charge in [0, 0.05) is 0 Å². The second kappa shape index (κ2) is 14.5. The molecule has 0 radical (unpaired) electrons. The summed E-state index contributed by atoms with van der Waals surface area (Å²) < 4.78 is 66.5. The van der Waals surface area contributed by atoms with Gasteiger partial charge in [0.05, 0.1) is 5.69 Å². The molecule has 9 nitrogen and oxygen atoms in total. The average molecular weight is 763 g/mol. The van der Waals surface area contributed by atoms with Crippen molar-refractivity contribution >= 4 is 32.2 Å². The molecule has 288 valence electrons. The first-order valence-electron chi connectivity index (χ1n) is 17.7. The summed E-state index contributed by atoms with van der Waals surface area (Å²) in [6.07, 6.45) is 1.90. The van der Waals surface area contributed by atoms with E-state index in [0.29, 0.717) is 11.0 Å². The highest BCUT2D eigenvalue weighted by molar-refractivity contribution is 7.88. The summed E-state index contributed by atoms with van der Waals surface area (Å²) in [6.45, 7) is 21.8. The molecule has 0 amide bonds. The number of fused-ring (bicyclic) bond motifs is 2. The molecular formula is C41H49F3N6O3S. The molecule has 0 spiro atoms. The van der Waals surface area contributed by atoms with Gasteiger partial charge in [0.15, 0.2) is 5.75 Å². The van der Waals surface area contributed by atoms with Crippen LogP contribution in [0.2, 0.25) is 0 Å². The van der Waals surface area contributed by atoms with E-state index < -0.39 is 21.4 Å². The van der Waals surface area contributed by atoms with Gasteiger partial charge in [0.25, 0.3) is 0 Å². The minimum absolute atomic E-state index is 0.00325. The predicted molar refractivity (Wildman–Crippen MR) is 208 cm³/mol. The molecule has 0 aliphatic carbocycles. The van der Waals surface area contributed by atoms with Crippen LogP contribution in [0, 0.1) is 10.8 Å². The molecule has 13 heteroatoms. The maximum Gasteiger partial charge on any atom is 0.534 e. The molecule has 0 aliphatic heterocycles. The molecule has 6 rings (SSSR count). The van der Waals surface area contributed by atoms with Crippen molar-refractivity contribution in [3.8, 4) is 17.1 Å². The lowest BCUT2D eigenvalue weighted by Crippen LogP contribution is -2.29. The molecule has 0 N–H and O–H groups in total. The predicted octanol–water partition coefficient (Wildman–Crippen LogP) is 10.5. The van der Waals surface area contributed by atoms with Gasteiger partial charge >= 0.3 is 15.6 Å². The summed E-state index contributed by atoms with van der Waals surface area (Å²) in [5.74, 6) is -0.507. The summed E-state index contributed by atoms with van der Waals surface area (Å²) in [7, 11) is -5.86. The zero-order valence-corrected chi connectivity index (χ0v) is 33.3. The van der Waals surface area contributed by atoms with Crippen molar-refractivity contribution in [2.24, 2.45) is 10.8 Å². The first-order chi connectivity index (χ1) is 24.8. The van der Waals surface area contributed by atoms with Gasteiger partial charge in [0.1, 0.15) is 27.8 Å². The highest BCUT2D eigenvalue weighted by Crippen LogP contribution is 2.40. The van der Waals surface area contributed by atoms with Crippen molar-refractivity contribution in [3.05, 3.63) is 102 Å². The van der Waals surface area contributed by atoms with Crippen LogP contribution in [0.15, 0.2) is 91.0 Å². The van der Waals surface area contributed by atoms with Crippen LogP contribution in [0.3, 0.4) is 0 Å². The first kappa shape index (κ1) is 40.4. The van der Waals surface area contributed by atoms with Crippen LogP contribution in [0.5, 0.6) is 5.75 Å². The molecular weight excluding hydrogens is 714 g/mol. The van der Waals surface area contributed by atoms with Crippen molar-refractivity contribution in [1.82, 2.24) is 30.0 Å². The van der Waals surface area contributed by atoms with E-state index in [1.807, 2.05) is 38.1 Å². The van der Waals surface area contributed by atoms with Crippen LogP contribution in [-0.2, 0) is 20.9 Å². The van der Waals surface area contributed by atoms with E-state index in [-0.39, 0.29) is 27.3 Å². The summed E-state index contributed by atoms with van der Waals surface area (Å²) in [6, 6.07) is 27.8. The topological polar surface area (TPSA) is 105 Å². The second-order valence-corrected chi connectivity index (χ2v) is 19.0. The van der Waals surface area contributed by atoms with Gasteiger partial charge in [-0.2, -0.15) is 26.4 Å². The Morgan fingerprint density at radius 3 is 1.41 bits per heavy atom. The van der Waals surface area contributed by atoms with Gasteiger partial charge < -0.3 is 4.18 Å². The fourth-order valence-corrected chi connectivity index (χ4v) is 7.65. The first-order valence-corrected chi connectivity index (χ1v) is 19.2. The Morgan fingerprint density at radius 2 is 0.981 bits per heavy atom. The lowest BCUT2D eigenvalue weighted by Gasteiger charge is -2.33. The lowest BCUT2D eigenvalue weighted by molar-refractivity contribution is -0.0500. The van der Waals surface area contributed by atoms with Crippen LogP contribution in [0.1, 0.15) is 93.2 Å². The Hall–Kier alpha value is -4.78. The Morgan fingerprint density at radius 1 is 0.556 bits per heavy atom. The van der Waals surface area contributed by atoms with Crippen molar-refractivity contribution in [1.29, 1.82) is 0 Å².